The number of anilines is 3. The van der Waals surface area contributed by atoms with E-state index in [-0.39, 0.29) is 0 Å². The van der Waals surface area contributed by atoms with Gasteiger partial charge in [0.15, 0.2) is 0 Å². The molecule has 26 heavy (non-hydrogen) atoms. The van der Waals surface area contributed by atoms with E-state index < -0.39 is 0 Å². The van der Waals surface area contributed by atoms with Gasteiger partial charge in [0, 0.05) is 45.5 Å². The number of piperazine rings is 1. The number of ether oxygens (including phenoxy) is 1. The minimum atomic E-state index is 0.854. The Morgan fingerprint density at radius 2 is 1.54 bits per heavy atom. The Bertz CT molecular complexity index is 724. The van der Waals surface area contributed by atoms with Crippen LogP contribution in [0.2, 0.25) is 0 Å². The average molecular weight is 353 g/mol. The van der Waals surface area contributed by atoms with Gasteiger partial charge in [-0.25, -0.2) is 4.98 Å². The molecule has 0 N–H and O–H groups in total. The van der Waals surface area contributed by atoms with Gasteiger partial charge in [-0.1, -0.05) is 12.1 Å². The van der Waals surface area contributed by atoms with Crippen LogP contribution in [-0.4, -0.2) is 56.3 Å². The van der Waals surface area contributed by atoms with Crippen molar-refractivity contribution < 1.29 is 4.74 Å². The van der Waals surface area contributed by atoms with Gasteiger partial charge in [0.1, 0.15) is 11.6 Å². The van der Waals surface area contributed by atoms with Gasteiger partial charge in [-0.05, 0) is 37.5 Å². The number of benzene rings is 1. The largest absolute Gasteiger partial charge is 0.495 e. The highest BCUT2D eigenvalue weighted by Gasteiger charge is 2.22. The molecule has 1 aromatic carbocycles. The fourth-order valence-corrected chi connectivity index (χ4v) is 3.83. The highest BCUT2D eigenvalue weighted by molar-refractivity contribution is 5.59. The molecule has 2 fully saturated rings. The van der Waals surface area contributed by atoms with Crippen LogP contribution in [0.15, 0.2) is 36.5 Å². The van der Waals surface area contributed by atoms with Crippen LogP contribution in [0, 0.1) is 0 Å². The highest BCUT2D eigenvalue weighted by Crippen LogP contribution is 2.29. The SMILES string of the molecule is COc1ccccc1N1CCN(c2nccc(N3CCCCC3)n2)CC1. The van der Waals surface area contributed by atoms with Crippen molar-refractivity contribution in [2.24, 2.45) is 0 Å². The quantitative estimate of drug-likeness (QED) is 0.842. The highest BCUT2D eigenvalue weighted by atomic mass is 16.5. The second-order valence-corrected chi connectivity index (χ2v) is 6.91. The van der Waals surface area contributed by atoms with Gasteiger partial charge in [0.25, 0.3) is 0 Å². The number of aromatic nitrogens is 2. The van der Waals surface area contributed by atoms with E-state index in [0.29, 0.717) is 0 Å². The van der Waals surface area contributed by atoms with E-state index in [9.17, 15) is 0 Å². The van der Waals surface area contributed by atoms with Gasteiger partial charge in [-0.15, -0.1) is 0 Å². The zero-order chi connectivity index (χ0) is 17.8. The number of hydrogen-bond acceptors (Lipinski definition) is 6. The Hall–Kier alpha value is -2.50. The number of nitrogens with zero attached hydrogens (tertiary/aromatic N) is 5. The molecule has 0 bridgehead atoms. The average Bonchev–Trinajstić information content (AvgIpc) is 2.74. The van der Waals surface area contributed by atoms with Crippen LogP contribution in [0.25, 0.3) is 0 Å². The number of rotatable bonds is 4. The van der Waals surface area contributed by atoms with Gasteiger partial charge in [0.05, 0.1) is 12.8 Å². The lowest BCUT2D eigenvalue weighted by Crippen LogP contribution is -2.47. The first kappa shape index (κ1) is 16.9. The summed E-state index contributed by atoms with van der Waals surface area (Å²) >= 11 is 0. The van der Waals surface area contributed by atoms with E-state index >= 15 is 0 Å². The summed E-state index contributed by atoms with van der Waals surface area (Å²) in [7, 11) is 1.73. The van der Waals surface area contributed by atoms with Crippen molar-refractivity contribution in [2.45, 2.75) is 19.3 Å². The first-order valence-electron chi connectivity index (χ1n) is 9.56. The number of hydrogen-bond donors (Lipinski definition) is 0. The topological polar surface area (TPSA) is 44.7 Å². The third-order valence-corrected chi connectivity index (χ3v) is 5.30. The maximum Gasteiger partial charge on any atom is 0.227 e. The van der Waals surface area contributed by atoms with Crippen molar-refractivity contribution >= 4 is 17.5 Å². The fraction of sp³-hybridized carbons (Fsp3) is 0.500. The van der Waals surface area contributed by atoms with Crippen molar-refractivity contribution in [3.05, 3.63) is 36.5 Å². The summed E-state index contributed by atoms with van der Waals surface area (Å²) in [4.78, 5) is 16.4. The zero-order valence-corrected chi connectivity index (χ0v) is 15.5. The molecule has 3 heterocycles. The van der Waals surface area contributed by atoms with Crippen LogP contribution in [0.4, 0.5) is 17.5 Å². The molecule has 6 heteroatoms. The van der Waals surface area contributed by atoms with E-state index in [1.54, 1.807) is 7.11 Å². The third kappa shape index (κ3) is 3.54. The van der Waals surface area contributed by atoms with Crippen molar-refractivity contribution in [3.63, 3.8) is 0 Å². The maximum atomic E-state index is 5.51. The van der Waals surface area contributed by atoms with Gasteiger partial charge in [-0.3, -0.25) is 0 Å². The molecule has 0 atom stereocenters. The van der Waals surface area contributed by atoms with Gasteiger partial charge in [-0.2, -0.15) is 4.98 Å². The summed E-state index contributed by atoms with van der Waals surface area (Å²) in [6.45, 7) is 5.94. The molecule has 1 aromatic heterocycles. The molecule has 2 saturated heterocycles. The first-order valence-corrected chi connectivity index (χ1v) is 9.56. The monoisotopic (exact) mass is 353 g/mol. The third-order valence-electron chi connectivity index (χ3n) is 5.30. The predicted molar refractivity (Wildman–Crippen MR) is 106 cm³/mol. The van der Waals surface area contributed by atoms with Crippen LogP contribution in [0.3, 0.4) is 0 Å². The molecule has 4 rings (SSSR count). The van der Waals surface area contributed by atoms with Crippen LogP contribution in [-0.2, 0) is 0 Å². The van der Waals surface area contributed by atoms with Crippen molar-refractivity contribution in [1.82, 2.24) is 9.97 Å². The molecule has 0 saturated carbocycles. The van der Waals surface area contributed by atoms with E-state index in [1.165, 1.54) is 19.3 Å². The summed E-state index contributed by atoms with van der Waals surface area (Å²) in [5.74, 6) is 2.86. The fourth-order valence-electron chi connectivity index (χ4n) is 3.83. The Balaban J connectivity index is 1.43. The van der Waals surface area contributed by atoms with Crippen LogP contribution < -0.4 is 19.4 Å². The maximum absolute atomic E-state index is 5.51. The molecule has 0 amide bonds. The van der Waals surface area contributed by atoms with Crippen LogP contribution in [0.5, 0.6) is 5.75 Å². The molecule has 0 aliphatic carbocycles. The summed E-state index contributed by atoms with van der Waals surface area (Å²) in [6, 6.07) is 10.3. The lowest BCUT2D eigenvalue weighted by atomic mass is 10.1. The van der Waals surface area contributed by atoms with Crippen LogP contribution >= 0.6 is 0 Å². The summed E-state index contributed by atoms with van der Waals surface area (Å²) in [5, 5.41) is 0. The molecule has 0 unspecified atom stereocenters. The minimum Gasteiger partial charge on any atom is -0.495 e. The van der Waals surface area contributed by atoms with Crippen LogP contribution in [0.1, 0.15) is 19.3 Å². The standard InChI is InChI=1S/C20H27N5O/c1-26-18-8-4-3-7-17(18)23-13-15-25(16-14-23)20-21-10-9-19(22-20)24-11-5-2-6-12-24/h3-4,7-10H,2,5-6,11-16H2,1H3. The molecular weight excluding hydrogens is 326 g/mol. The molecule has 0 radical (unpaired) electrons. The van der Waals surface area contributed by atoms with Crippen molar-refractivity contribution in [3.8, 4) is 5.75 Å². The first-order chi connectivity index (χ1) is 12.8. The Labute approximate surface area is 155 Å². The van der Waals surface area contributed by atoms with Crippen molar-refractivity contribution in [2.75, 3.05) is 61.1 Å². The van der Waals surface area contributed by atoms with Gasteiger partial charge < -0.3 is 19.4 Å². The second kappa shape index (κ2) is 7.81. The van der Waals surface area contributed by atoms with E-state index in [4.69, 9.17) is 9.72 Å². The summed E-state index contributed by atoms with van der Waals surface area (Å²) < 4.78 is 5.51. The molecule has 6 nitrogen and oxygen atoms in total. The number of para-hydroxylation sites is 2. The zero-order valence-electron chi connectivity index (χ0n) is 15.5. The Kier molecular flexibility index (Phi) is 5.09. The lowest BCUT2D eigenvalue weighted by molar-refractivity contribution is 0.413. The number of methoxy groups -OCH3 is 1. The predicted octanol–water partition coefficient (Wildman–Crippen LogP) is 2.80. The summed E-state index contributed by atoms with van der Waals surface area (Å²) in [6.07, 6.45) is 5.76. The summed E-state index contributed by atoms with van der Waals surface area (Å²) in [5.41, 5.74) is 1.16. The molecule has 0 spiro atoms. The molecule has 2 aliphatic heterocycles. The van der Waals surface area contributed by atoms with Gasteiger partial charge in [0.2, 0.25) is 5.95 Å². The molecular formula is C20H27N5O. The van der Waals surface area contributed by atoms with E-state index in [2.05, 4.69) is 31.8 Å². The van der Waals surface area contributed by atoms with E-state index in [1.807, 2.05) is 24.4 Å². The lowest BCUT2D eigenvalue weighted by Gasteiger charge is -2.37. The Morgan fingerprint density at radius 1 is 0.808 bits per heavy atom. The second-order valence-electron chi connectivity index (χ2n) is 6.91. The smallest absolute Gasteiger partial charge is 0.227 e. The number of piperidine rings is 1. The Morgan fingerprint density at radius 3 is 2.31 bits per heavy atom. The normalized spacial score (nSPS) is 18.1. The molecule has 2 aromatic rings. The van der Waals surface area contributed by atoms with Gasteiger partial charge >= 0.3 is 0 Å². The van der Waals surface area contributed by atoms with E-state index in [0.717, 1.165) is 62.5 Å². The molecule has 138 valence electrons. The molecule has 2 aliphatic rings. The minimum absolute atomic E-state index is 0.854. The van der Waals surface area contributed by atoms with Crippen molar-refractivity contribution in [1.29, 1.82) is 0 Å².